The minimum atomic E-state index is -0.362. The molecule has 0 radical (unpaired) electrons. The molecule has 0 aliphatic carbocycles. The third-order valence-corrected chi connectivity index (χ3v) is 5.48. The van der Waals surface area contributed by atoms with Crippen LogP contribution in [-0.4, -0.2) is 55.2 Å². The highest BCUT2D eigenvalue weighted by Gasteiger charge is 2.26. The summed E-state index contributed by atoms with van der Waals surface area (Å²) >= 11 is 0. The number of fused-ring (bicyclic) bond motifs is 1. The van der Waals surface area contributed by atoms with Gasteiger partial charge in [-0.2, -0.15) is 0 Å². The van der Waals surface area contributed by atoms with Gasteiger partial charge in [-0.15, -0.1) is 0 Å². The number of carbonyl (C=O) groups is 1. The Bertz CT molecular complexity index is 896. The Kier molecular flexibility index (Phi) is 5.50. The number of urea groups is 1. The highest BCUT2D eigenvalue weighted by Crippen LogP contribution is 2.28. The summed E-state index contributed by atoms with van der Waals surface area (Å²) in [7, 11) is 0. The zero-order valence-electron chi connectivity index (χ0n) is 16.1. The fraction of sp³-hybridized carbons (Fsp3) is 0.381. The van der Waals surface area contributed by atoms with Crippen molar-refractivity contribution in [2.45, 2.75) is 6.42 Å². The number of hydrogen-bond donors (Lipinski definition) is 1. The highest BCUT2D eigenvalue weighted by atomic mass is 16.6. The molecule has 2 aliphatic rings. The molecular formula is C21H24N4O4. The summed E-state index contributed by atoms with van der Waals surface area (Å²) < 4.78 is 5.78. The van der Waals surface area contributed by atoms with Crippen molar-refractivity contribution < 1.29 is 14.5 Å². The van der Waals surface area contributed by atoms with Crippen molar-refractivity contribution in [2.24, 2.45) is 5.92 Å². The van der Waals surface area contributed by atoms with Crippen molar-refractivity contribution in [3.63, 3.8) is 0 Å². The number of hydrogen-bond acceptors (Lipinski definition) is 5. The molecular weight excluding hydrogens is 372 g/mol. The number of anilines is 1. The molecule has 1 atom stereocenters. The van der Waals surface area contributed by atoms with Gasteiger partial charge in [0.1, 0.15) is 11.4 Å². The van der Waals surface area contributed by atoms with Crippen molar-refractivity contribution in [3.05, 3.63) is 64.2 Å². The van der Waals surface area contributed by atoms with E-state index in [9.17, 15) is 14.9 Å². The molecule has 1 unspecified atom stereocenters. The van der Waals surface area contributed by atoms with Crippen molar-refractivity contribution >= 4 is 17.4 Å². The van der Waals surface area contributed by atoms with E-state index in [1.807, 2.05) is 23.1 Å². The highest BCUT2D eigenvalue weighted by molar-refractivity contribution is 5.75. The number of nitro groups is 1. The van der Waals surface area contributed by atoms with E-state index in [-0.39, 0.29) is 22.6 Å². The number of para-hydroxylation sites is 3. The minimum absolute atomic E-state index is 0.0916. The van der Waals surface area contributed by atoms with Gasteiger partial charge in [0.2, 0.25) is 0 Å². The number of nitrogens with one attached hydrogen (secondary N) is 1. The van der Waals surface area contributed by atoms with Gasteiger partial charge in [-0.3, -0.25) is 10.1 Å². The molecule has 2 heterocycles. The lowest BCUT2D eigenvalue weighted by molar-refractivity contribution is -0.384. The molecule has 2 amide bonds. The summed E-state index contributed by atoms with van der Waals surface area (Å²) in [5.41, 5.74) is 1.88. The number of piperazine rings is 1. The number of nitro benzene ring substituents is 1. The fourth-order valence-electron chi connectivity index (χ4n) is 3.90. The van der Waals surface area contributed by atoms with Gasteiger partial charge in [0.15, 0.2) is 0 Å². The third kappa shape index (κ3) is 4.26. The van der Waals surface area contributed by atoms with Gasteiger partial charge in [0.25, 0.3) is 5.69 Å². The zero-order valence-corrected chi connectivity index (χ0v) is 16.1. The van der Waals surface area contributed by atoms with Crippen LogP contribution in [0.3, 0.4) is 0 Å². The van der Waals surface area contributed by atoms with Crippen molar-refractivity contribution in [3.8, 4) is 5.75 Å². The third-order valence-electron chi connectivity index (χ3n) is 5.48. The van der Waals surface area contributed by atoms with Gasteiger partial charge < -0.3 is 19.9 Å². The second kappa shape index (κ2) is 8.38. The molecule has 0 bridgehead atoms. The van der Waals surface area contributed by atoms with Crippen LogP contribution < -0.4 is 15.0 Å². The van der Waals surface area contributed by atoms with E-state index >= 15 is 0 Å². The molecule has 1 saturated heterocycles. The number of rotatable bonds is 4. The summed E-state index contributed by atoms with van der Waals surface area (Å²) in [6.45, 7) is 3.36. The van der Waals surface area contributed by atoms with Crippen molar-refractivity contribution in [1.29, 1.82) is 0 Å². The predicted molar refractivity (Wildman–Crippen MR) is 109 cm³/mol. The number of nitrogens with zero attached hydrogens (tertiary/aromatic N) is 3. The van der Waals surface area contributed by atoms with Crippen LogP contribution in [0.5, 0.6) is 5.75 Å². The standard InChI is InChI=1S/C21H24N4O4/c26-21(22-14-16-13-17-5-1-4-8-20(17)29-15-16)24-11-9-23(10-12-24)18-6-2-3-7-19(18)25(27)28/h1-8,16H,9-15H2,(H,22,26). The van der Waals surface area contributed by atoms with Crippen LogP contribution in [0.25, 0.3) is 0 Å². The molecule has 8 nitrogen and oxygen atoms in total. The van der Waals surface area contributed by atoms with E-state index < -0.39 is 0 Å². The predicted octanol–water partition coefficient (Wildman–Crippen LogP) is 2.68. The van der Waals surface area contributed by atoms with Crippen molar-refractivity contribution in [2.75, 3.05) is 44.2 Å². The lowest BCUT2D eigenvalue weighted by Gasteiger charge is -2.36. The average molecular weight is 396 g/mol. The smallest absolute Gasteiger partial charge is 0.317 e. The zero-order chi connectivity index (χ0) is 20.2. The van der Waals surface area contributed by atoms with Gasteiger partial charge >= 0.3 is 6.03 Å². The maximum atomic E-state index is 12.6. The molecule has 2 aromatic rings. The van der Waals surface area contributed by atoms with Crippen LogP contribution in [0.15, 0.2) is 48.5 Å². The van der Waals surface area contributed by atoms with Gasteiger partial charge in [0, 0.05) is 44.7 Å². The second-order valence-corrected chi connectivity index (χ2v) is 7.39. The number of benzene rings is 2. The molecule has 1 N–H and O–H groups in total. The maximum absolute atomic E-state index is 12.6. The molecule has 29 heavy (non-hydrogen) atoms. The monoisotopic (exact) mass is 396 g/mol. The Morgan fingerprint density at radius 2 is 1.83 bits per heavy atom. The van der Waals surface area contributed by atoms with Crippen LogP contribution in [0.4, 0.5) is 16.2 Å². The molecule has 0 saturated carbocycles. The van der Waals surface area contributed by atoms with Crippen LogP contribution in [0.1, 0.15) is 5.56 Å². The largest absolute Gasteiger partial charge is 0.493 e. The number of ether oxygens (including phenoxy) is 1. The first-order chi connectivity index (χ1) is 14.1. The first-order valence-corrected chi connectivity index (χ1v) is 9.83. The molecule has 0 aromatic heterocycles. The Labute approximate surface area is 169 Å². The minimum Gasteiger partial charge on any atom is -0.493 e. The molecule has 2 aliphatic heterocycles. The Hall–Kier alpha value is -3.29. The quantitative estimate of drug-likeness (QED) is 0.634. The van der Waals surface area contributed by atoms with Crippen molar-refractivity contribution in [1.82, 2.24) is 10.2 Å². The van der Waals surface area contributed by atoms with Crippen LogP contribution in [0, 0.1) is 16.0 Å². The molecule has 8 heteroatoms. The average Bonchev–Trinajstić information content (AvgIpc) is 2.77. The SMILES string of the molecule is O=C(NCC1COc2ccccc2C1)N1CCN(c2ccccc2[N+](=O)[O-])CC1. The second-order valence-electron chi connectivity index (χ2n) is 7.39. The summed E-state index contributed by atoms with van der Waals surface area (Å²) in [4.78, 5) is 27.2. The Morgan fingerprint density at radius 1 is 1.10 bits per heavy atom. The van der Waals surface area contributed by atoms with Crippen LogP contribution in [-0.2, 0) is 6.42 Å². The Balaban J connectivity index is 1.27. The molecule has 2 aromatic carbocycles. The fourth-order valence-corrected chi connectivity index (χ4v) is 3.90. The first kappa shape index (κ1) is 19.0. The van der Waals surface area contributed by atoms with E-state index in [1.165, 1.54) is 11.6 Å². The van der Waals surface area contributed by atoms with E-state index in [4.69, 9.17) is 4.74 Å². The Morgan fingerprint density at radius 3 is 2.62 bits per heavy atom. The summed E-state index contributed by atoms with van der Waals surface area (Å²) in [6.07, 6.45) is 0.891. The van der Waals surface area contributed by atoms with Crippen LogP contribution >= 0.6 is 0 Å². The molecule has 152 valence electrons. The lowest BCUT2D eigenvalue weighted by atomic mass is 9.97. The maximum Gasteiger partial charge on any atom is 0.317 e. The van der Waals surface area contributed by atoms with Gasteiger partial charge in [-0.05, 0) is 24.1 Å². The lowest BCUT2D eigenvalue weighted by Crippen LogP contribution is -2.52. The topological polar surface area (TPSA) is 88.0 Å². The van der Waals surface area contributed by atoms with Gasteiger partial charge in [-0.1, -0.05) is 30.3 Å². The van der Waals surface area contributed by atoms with Crippen LogP contribution in [0.2, 0.25) is 0 Å². The number of amides is 2. The summed E-state index contributed by atoms with van der Waals surface area (Å²) in [5.74, 6) is 1.18. The first-order valence-electron chi connectivity index (χ1n) is 9.83. The number of carbonyl (C=O) groups excluding carboxylic acids is 1. The molecule has 0 spiro atoms. The van der Waals surface area contributed by atoms with E-state index in [0.29, 0.717) is 45.0 Å². The van der Waals surface area contributed by atoms with Gasteiger partial charge in [-0.25, -0.2) is 4.79 Å². The van der Waals surface area contributed by atoms with Gasteiger partial charge in [0.05, 0.1) is 11.5 Å². The summed E-state index contributed by atoms with van der Waals surface area (Å²) in [5, 5.41) is 14.3. The van der Waals surface area contributed by atoms with E-state index in [2.05, 4.69) is 11.4 Å². The van der Waals surface area contributed by atoms with E-state index in [1.54, 1.807) is 23.1 Å². The normalized spacial score (nSPS) is 18.6. The summed E-state index contributed by atoms with van der Waals surface area (Å²) in [6, 6.07) is 14.6. The molecule has 4 rings (SSSR count). The van der Waals surface area contributed by atoms with E-state index in [0.717, 1.165) is 12.2 Å². The molecule has 1 fully saturated rings.